The molecule has 24 heavy (non-hydrogen) atoms. The van der Waals surface area contributed by atoms with Crippen molar-refractivity contribution in [1.82, 2.24) is 10.9 Å². The van der Waals surface area contributed by atoms with Gasteiger partial charge in [-0.15, -0.1) is 0 Å². The summed E-state index contributed by atoms with van der Waals surface area (Å²) in [6, 6.07) is 6.27. The summed E-state index contributed by atoms with van der Waals surface area (Å²) in [6.45, 7) is 5.53. The minimum Gasteiger partial charge on any atom is -0.448 e. The molecule has 0 spiro atoms. The van der Waals surface area contributed by atoms with E-state index in [2.05, 4.69) is 10.9 Å². The van der Waals surface area contributed by atoms with Crippen LogP contribution in [0.25, 0.3) is 0 Å². The molecule has 128 valence electrons. The first-order chi connectivity index (χ1) is 11.1. The van der Waals surface area contributed by atoms with Gasteiger partial charge in [-0.1, -0.05) is 25.4 Å². The molecule has 1 aliphatic heterocycles. The summed E-state index contributed by atoms with van der Waals surface area (Å²) < 4.78 is 5.46. The highest BCUT2D eigenvalue weighted by Gasteiger charge is 2.75. The van der Waals surface area contributed by atoms with Gasteiger partial charge in [0, 0.05) is 16.0 Å². The van der Waals surface area contributed by atoms with E-state index >= 15 is 0 Å². The zero-order valence-corrected chi connectivity index (χ0v) is 14.5. The van der Waals surface area contributed by atoms with Crippen molar-refractivity contribution in [3.63, 3.8) is 0 Å². The summed E-state index contributed by atoms with van der Waals surface area (Å²) in [5.41, 5.74) is 2.51. The Morgan fingerprint density at radius 3 is 2.21 bits per heavy atom. The van der Waals surface area contributed by atoms with Crippen LogP contribution in [0.15, 0.2) is 24.3 Å². The van der Waals surface area contributed by atoms with Crippen LogP contribution in [0.1, 0.15) is 44.0 Å². The standard InChI is InChI=1S/C17H19ClN2O4/c1-15(2)16(3)8-9-17(15,24-14(16)23)13(22)20-19-12(21)10-4-6-11(18)7-5-10/h4-7H,8-9H2,1-3H3,(H,19,21)(H,20,22). The number of rotatable bonds is 2. The lowest BCUT2D eigenvalue weighted by Crippen LogP contribution is -2.57. The van der Waals surface area contributed by atoms with E-state index in [4.69, 9.17) is 16.3 Å². The summed E-state index contributed by atoms with van der Waals surface area (Å²) in [6.07, 6.45) is 1.02. The highest BCUT2D eigenvalue weighted by molar-refractivity contribution is 6.30. The number of hydrazine groups is 1. The van der Waals surface area contributed by atoms with Crippen LogP contribution in [0.3, 0.4) is 0 Å². The molecule has 2 N–H and O–H groups in total. The van der Waals surface area contributed by atoms with Gasteiger partial charge in [0.25, 0.3) is 11.8 Å². The van der Waals surface area contributed by atoms with E-state index in [0.29, 0.717) is 23.4 Å². The third-order valence-electron chi connectivity index (χ3n) is 5.85. The number of nitrogens with one attached hydrogen (secondary N) is 2. The summed E-state index contributed by atoms with van der Waals surface area (Å²) in [4.78, 5) is 37.0. The molecular weight excluding hydrogens is 332 g/mol. The molecule has 1 saturated carbocycles. The van der Waals surface area contributed by atoms with Crippen LogP contribution in [0.4, 0.5) is 0 Å². The number of fused-ring (bicyclic) bond motifs is 2. The van der Waals surface area contributed by atoms with Gasteiger partial charge in [-0.05, 0) is 44.0 Å². The molecular formula is C17H19ClN2O4. The fourth-order valence-corrected chi connectivity index (χ4v) is 3.76. The minimum atomic E-state index is -1.26. The van der Waals surface area contributed by atoms with Gasteiger partial charge in [-0.2, -0.15) is 0 Å². The lowest BCUT2D eigenvalue weighted by molar-refractivity contribution is -0.168. The molecule has 1 saturated heterocycles. The monoisotopic (exact) mass is 350 g/mol. The minimum absolute atomic E-state index is 0.358. The number of halogens is 1. The van der Waals surface area contributed by atoms with Crippen molar-refractivity contribution in [3.8, 4) is 0 Å². The Balaban J connectivity index is 1.73. The fourth-order valence-electron chi connectivity index (χ4n) is 3.64. The summed E-state index contributed by atoms with van der Waals surface area (Å²) in [7, 11) is 0. The van der Waals surface area contributed by atoms with Crippen LogP contribution in [-0.4, -0.2) is 23.4 Å². The molecule has 1 aromatic carbocycles. The molecule has 2 fully saturated rings. The smallest absolute Gasteiger partial charge is 0.313 e. The van der Waals surface area contributed by atoms with E-state index in [0.717, 1.165) is 0 Å². The lowest BCUT2D eigenvalue weighted by Gasteiger charge is -2.35. The van der Waals surface area contributed by atoms with Crippen LogP contribution in [0.2, 0.25) is 5.02 Å². The van der Waals surface area contributed by atoms with E-state index < -0.39 is 28.2 Å². The van der Waals surface area contributed by atoms with Gasteiger partial charge in [-0.25, -0.2) is 0 Å². The molecule has 0 aromatic heterocycles. The van der Waals surface area contributed by atoms with Crippen LogP contribution >= 0.6 is 11.6 Å². The number of hydrogen-bond acceptors (Lipinski definition) is 4. The molecule has 0 radical (unpaired) electrons. The van der Waals surface area contributed by atoms with Crippen LogP contribution in [-0.2, 0) is 14.3 Å². The normalized spacial score (nSPS) is 29.9. The van der Waals surface area contributed by atoms with E-state index in [1.54, 1.807) is 24.3 Å². The van der Waals surface area contributed by atoms with E-state index in [-0.39, 0.29) is 5.97 Å². The largest absolute Gasteiger partial charge is 0.448 e. The maximum Gasteiger partial charge on any atom is 0.313 e. The van der Waals surface area contributed by atoms with Crippen LogP contribution in [0.5, 0.6) is 0 Å². The number of benzene rings is 1. The van der Waals surface area contributed by atoms with Gasteiger partial charge in [0.2, 0.25) is 0 Å². The summed E-state index contributed by atoms with van der Waals surface area (Å²) in [5.74, 6) is -1.35. The Bertz CT molecular complexity index is 731. The Labute approximate surface area is 144 Å². The van der Waals surface area contributed by atoms with Crippen molar-refractivity contribution in [3.05, 3.63) is 34.9 Å². The number of carbonyl (C=O) groups excluding carboxylic acids is 3. The predicted molar refractivity (Wildman–Crippen MR) is 87.0 cm³/mol. The highest BCUT2D eigenvalue weighted by Crippen LogP contribution is 2.65. The molecule has 2 amide bonds. The number of hydrogen-bond donors (Lipinski definition) is 2. The van der Waals surface area contributed by atoms with Crippen molar-refractivity contribution in [2.45, 2.75) is 39.2 Å². The van der Waals surface area contributed by atoms with E-state index in [9.17, 15) is 14.4 Å². The predicted octanol–water partition coefficient (Wildman–Crippen LogP) is 2.22. The number of amides is 2. The Kier molecular flexibility index (Phi) is 3.64. The number of esters is 1. The average molecular weight is 351 g/mol. The molecule has 1 aliphatic carbocycles. The molecule has 6 nitrogen and oxygen atoms in total. The molecule has 2 bridgehead atoms. The van der Waals surface area contributed by atoms with Crippen molar-refractivity contribution in [2.24, 2.45) is 10.8 Å². The van der Waals surface area contributed by atoms with Crippen molar-refractivity contribution in [2.75, 3.05) is 0 Å². The van der Waals surface area contributed by atoms with Gasteiger partial charge in [0.05, 0.1) is 5.41 Å². The SMILES string of the molecule is CC12CCC(C(=O)NNC(=O)c3ccc(Cl)cc3)(OC1=O)C2(C)C. The van der Waals surface area contributed by atoms with Crippen molar-refractivity contribution >= 4 is 29.4 Å². The van der Waals surface area contributed by atoms with E-state index in [1.807, 2.05) is 20.8 Å². The summed E-state index contributed by atoms with van der Waals surface area (Å²) >= 11 is 5.78. The molecule has 2 atom stereocenters. The zero-order valence-electron chi connectivity index (χ0n) is 13.7. The maximum absolute atomic E-state index is 12.7. The Morgan fingerprint density at radius 2 is 1.71 bits per heavy atom. The van der Waals surface area contributed by atoms with Crippen LogP contribution in [0, 0.1) is 10.8 Å². The Hall–Kier alpha value is -2.08. The third kappa shape index (κ3) is 2.05. The number of carbonyl (C=O) groups is 3. The van der Waals surface area contributed by atoms with Crippen LogP contribution < -0.4 is 10.9 Å². The Morgan fingerprint density at radius 1 is 1.08 bits per heavy atom. The molecule has 1 aromatic rings. The topological polar surface area (TPSA) is 84.5 Å². The average Bonchev–Trinajstić information content (AvgIpc) is 2.83. The molecule has 2 aliphatic rings. The maximum atomic E-state index is 12.7. The van der Waals surface area contributed by atoms with Crippen molar-refractivity contribution in [1.29, 1.82) is 0 Å². The lowest BCUT2D eigenvalue weighted by atomic mass is 9.66. The molecule has 1 heterocycles. The summed E-state index contributed by atoms with van der Waals surface area (Å²) in [5, 5.41) is 0.513. The van der Waals surface area contributed by atoms with Gasteiger partial charge in [0.15, 0.2) is 5.60 Å². The zero-order chi connectivity index (χ0) is 17.8. The van der Waals surface area contributed by atoms with Gasteiger partial charge >= 0.3 is 5.97 Å². The highest BCUT2D eigenvalue weighted by atomic mass is 35.5. The van der Waals surface area contributed by atoms with Gasteiger partial charge in [-0.3, -0.25) is 25.2 Å². The first kappa shape index (κ1) is 16.8. The quantitative estimate of drug-likeness (QED) is 0.632. The molecule has 2 unspecified atom stereocenters. The fraction of sp³-hybridized carbons (Fsp3) is 0.471. The molecule has 3 rings (SSSR count). The first-order valence-electron chi connectivity index (χ1n) is 7.74. The van der Waals surface area contributed by atoms with E-state index in [1.165, 1.54) is 0 Å². The third-order valence-corrected chi connectivity index (χ3v) is 6.10. The second-order valence-electron chi connectivity index (χ2n) is 7.09. The van der Waals surface area contributed by atoms with Gasteiger partial charge in [0.1, 0.15) is 0 Å². The second kappa shape index (κ2) is 5.21. The first-order valence-corrected chi connectivity index (χ1v) is 8.12. The molecule has 7 heteroatoms. The number of ether oxygens (including phenoxy) is 1. The second-order valence-corrected chi connectivity index (χ2v) is 7.53. The van der Waals surface area contributed by atoms with Gasteiger partial charge < -0.3 is 4.74 Å². The van der Waals surface area contributed by atoms with Crippen molar-refractivity contribution < 1.29 is 19.1 Å².